The average Bonchev–Trinajstić information content (AvgIpc) is 2.62. The normalized spacial score (nSPS) is 17.1. The van der Waals surface area contributed by atoms with Gasteiger partial charge in [-0.15, -0.1) is 0 Å². The van der Waals surface area contributed by atoms with E-state index >= 15 is 0 Å². The second-order valence-corrected chi connectivity index (χ2v) is 5.63. The fourth-order valence-electron chi connectivity index (χ4n) is 3.01. The molecule has 2 aromatic rings. The number of nitrogens with zero attached hydrogens (tertiary/aromatic N) is 1. The number of rotatable bonds is 5. The second kappa shape index (κ2) is 7.43. The molecule has 0 radical (unpaired) electrons. The third kappa shape index (κ3) is 3.67. The lowest BCUT2D eigenvalue weighted by atomic mass is 9.97. The Balaban J connectivity index is 1.81. The van der Waals surface area contributed by atoms with Crippen molar-refractivity contribution < 1.29 is 9.47 Å². The van der Waals surface area contributed by atoms with Crippen molar-refractivity contribution >= 4 is 0 Å². The Labute approximate surface area is 132 Å². The van der Waals surface area contributed by atoms with Crippen LogP contribution in [0.1, 0.15) is 17.2 Å². The van der Waals surface area contributed by atoms with Crippen molar-refractivity contribution in [2.24, 2.45) is 0 Å². The highest BCUT2D eigenvalue weighted by Gasteiger charge is 2.22. The molecule has 0 spiro atoms. The van der Waals surface area contributed by atoms with Crippen LogP contribution in [0.2, 0.25) is 0 Å². The Morgan fingerprint density at radius 3 is 2.32 bits per heavy atom. The van der Waals surface area contributed by atoms with Crippen LogP contribution in [0, 0.1) is 0 Å². The minimum absolute atomic E-state index is 0.401. The third-order valence-corrected chi connectivity index (χ3v) is 4.26. The number of morpholine rings is 1. The quantitative estimate of drug-likeness (QED) is 0.845. The maximum absolute atomic E-state index is 5.51. The van der Waals surface area contributed by atoms with E-state index in [0.29, 0.717) is 6.04 Å². The van der Waals surface area contributed by atoms with Crippen molar-refractivity contribution in [3.63, 3.8) is 0 Å². The van der Waals surface area contributed by atoms with Crippen molar-refractivity contribution in [2.75, 3.05) is 33.4 Å². The molecule has 1 fully saturated rings. The van der Waals surface area contributed by atoms with Gasteiger partial charge in [0.25, 0.3) is 0 Å². The molecule has 0 bridgehead atoms. The lowest BCUT2D eigenvalue weighted by Crippen LogP contribution is -2.39. The van der Waals surface area contributed by atoms with Gasteiger partial charge < -0.3 is 9.47 Å². The van der Waals surface area contributed by atoms with Gasteiger partial charge in [0.2, 0.25) is 0 Å². The Bertz CT molecular complexity index is 562. The maximum Gasteiger partial charge on any atom is 0.118 e. The van der Waals surface area contributed by atoms with Crippen LogP contribution < -0.4 is 4.74 Å². The number of benzene rings is 2. The van der Waals surface area contributed by atoms with Gasteiger partial charge in [-0.1, -0.05) is 42.5 Å². The molecule has 3 nitrogen and oxygen atoms in total. The van der Waals surface area contributed by atoms with E-state index in [2.05, 4.69) is 47.4 Å². The Hall–Kier alpha value is -1.84. The standard InChI is InChI=1S/C19H23NO2/c1-21-18-9-7-16(8-10-18)15-19(17-5-3-2-4-6-17)20-11-13-22-14-12-20/h2-10,19H,11-15H2,1H3. The summed E-state index contributed by atoms with van der Waals surface area (Å²) in [5.41, 5.74) is 2.71. The first-order chi connectivity index (χ1) is 10.9. The molecular formula is C19H23NO2. The zero-order chi connectivity index (χ0) is 15.2. The molecule has 116 valence electrons. The van der Waals surface area contributed by atoms with Gasteiger partial charge in [0.15, 0.2) is 0 Å². The topological polar surface area (TPSA) is 21.7 Å². The van der Waals surface area contributed by atoms with E-state index in [1.54, 1.807) is 7.11 Å². The van der Waals surface area contributed by atoms with Gasteiger partial charge in [-0.05, 0) is 29.7 Å². The van der Waals surface area contributed by atoms with E-state index in [1.165, 1.54) is 11.1 Å². The molecule has 0 aromatic heterocycles. The van der Waals surface area contributed by atoms with Gasteiger partial charge in [0, 0.05) is 19.1 Å². The maximum atomic E-state index is 5.51. The van der Waals surface area contributed by atoms with E-state index in [1.807, 2.05) is 12.1 Å². The molecule has 0 amide bonds. The molecule has 2 aromatic carbocycles. The largest absolute Gasteiger partial charge is 0.497 e. The molecule has 1 heterocycles. The summed E-state index contributed by atoms with van der Waals surface area (Å²) in [6.45, 7) is 3.64. The predicted octanol–water partition coefficient (Wildman–Crippen LogP) is 3.31. The lowest BCUT2D eigenvalue weighted by molar-refractivity contribution is 0.0161. The van der Waals surface area contributed by atoms with Crippen LogP contribution in [0.5, 0.6) is 5.75 Å². The molecule has 1 unspecified atom stereocenters. The van der Waals surface area contributed by atoms with E-state index in [9.17, 15) is 0 Å². The summed E-state index contributed by atoms with van der Waals surface area (Å²) in [6.07, 6.45) is 1.01. The van der Waals surface area contributed by atoms with Gasteiger partial charge in [0.05, 0.1) is 20.3 Å². The van der Waals surface area contributed by atoms with Crippen LogP contribution in [0.15, 0.2) is 54.6 Å². The van der Waals surface area contributed by atoms with Crippen LogP contribution in [0.4, 0.5) is 0 Å². The molecule has 1 aliphatic rings. The molecule has 3 rings (SSSR count). The van der Waals surface area contributed by atoms with Gasteiger partial charge >= 0.3 is 0 Å². The van der Waals surface area contributed by atoms with Crippen LogP contribution in [-0.4, -0.2) is 38.3 Å². The molecule has 22 heavy (non-hydrogen) atoms. The second-order valence-electron chi connectivity index (χ2n) is 5.63. The SMILES string of the molecule is COc1ccc(CC(c2ccccc2)N2CCOCC2)cc1. The summed E-state index contributed by atoms with van der Waals surface area (Å²) < 4.78 is 10.8. The zero-order valence-corrected chi connectivity index (χ0v) is 13.1. The van der Waals surface area contributed by atoms with Gasteiger partial charge in [0.1, 0.15) is 5.75 Å². The average molecular weight is 297 g/mol. The smallest absolute Gasteiger partial charge is 0.118 e. The summed E-state index contributed by atoms with van der Waals surface area (Å²) in [7, 11) is 1.70. The van der Waals surface area contributed by atoms with Crippen LogP contribution in [0.25, 0.3) is 0 Å². The molecule has 1 atom stereocenters. The molecule has 1 aliphatic heterocycles. The summed E-state index contributed by atoms with van der Waals surface area (Å²) >= 11 is 0. The molecule has 0 N–H and O–H groups in total. The summed E-state index contributed by atoms with van der Waals surface area (Å²) in [6, 6.07) is 19.6. The van der Waals surface area contributed by atoms with E-state index in [-0.39, 0.29) is 0 Å². The molecular weight excluding hydrogens is 274 g/mol. The van der Waals surface area contributed by atoms with Crippen LogP contribution >= 0.6 is 0 Å². The van der Waals surface area contributed by atoms with Crippen molar-refractivity contribution in [2.45, 2.75) is 12.5 Å². The number of ether oxygens (including phenoxy) is 2. The van der Waals surface area contributed by atoms with E-state index in [4.69, 9.17) is 9.47 Å². The Morgan fingerprint density at radius 1 is 1.00 bits per heavy atom. The first kappa shape index (κ1) is 15.1. The van der Waals surface area contributed by atoms with E-state index in [0.717, 1.165) is 38.5 Å². The van der Waals surface area contributed by atoms with Gasteiger partial charge in [-0.3, -0.25) is 4.90 Å². The van der Waals surface area contributed by atoms with Crippen molar-refractivity contribution in [3.8, 4) is 5.75 Å². The molecule has 3 heteroatoms. The highest BCUT2D eigenvalue weighted by Crippen LogP contribution is 2.26. The highest BCUT2D eigenvalue weighted by molar-refractivity contribution is 5.29. The summed E-state index contributed by atoms with van der Waals surface area (Å²) in [4.78, 5) is 2.53. The van der Waals surface area contributed by atoms with Gasteiger partial charge in [-0.2, -0.15) is 0 Å². The first-order valence-electron chi connectivity index (χ1n) is 7.86. The fourth-order valence-corrected chi connectivity index (χ4v) is 3.01. The highest BCUT2D eigenvalue weighted by atomic mass is 16.5. The van der Waals surface area contributed by atoms with Crippen molar-refractivity contribution in [1.82, 2.24) is 4.90 Å². The summed E-state index contributed by atoms with van der Waals surface area (Å²) in [5, 5.41) is 0. The molecule has 0 saturated carbocycles. The van der Waals surface area contributed by atoms with Crippen molar-refractivity contribution in [1.29, 1.82) is 0 Å². The van der Waals surface area contributed by atoms with Crippen molar-refractivity contribution in [3.05, 3.63) is 65.7 Å². The zero-order valence-electron chi connectivity index (χ0n) is 13.1. The first-order valence-corrected chi connectivity index (χ1v) is 7.86. The summed E-state index contributed by atoms with van der Waals surface area (Å²) in [5.74, 6) is 0.909. The third-order valence-electron chi connectivity index (χ3n) is 4.26. The van der Waals surface area contributed by atoms with Gasteiger partial charge in [-0.25, -0.2) is 0 Å². The molecule has 1 saturated heterocycles. The fraction of sp³-hybridized carbons (Fsp3) is 0.368. The van der Waals surface area contributed by atoms with Crippen LogP contribution in [-0.2, 0) is 11.2 Å². The number of hydrogen-bond donors (Lipinski definition) is 0. The minimum atomic E-state index is 0.401. The number of methoxy groups -OCH3 is 1. The van der Waals surface area contributed by atoms with Crippen LogP contribution in [0.3, 0.4) is 0 Å². The monoisotopic (exact) mass is 297 g/mol. The van der Waals surface area contributed by atoms with E-state index < -0.39 is 0 Å². The Morgan fingerprint density at radius 2 is 1.68 bits per heavy atom. The molecule has 0 aliphatic carbocycles. The minimum Gasteiger partial charge on any atom is -0.497 e. The Kier molecular flexibility index (Phi) is 5.09. The predicted molar refractivity (Wildman–Crippen MR) is 88.3 cm³/mol. The number of hydrogen-bond acceptors (Lipinski definition) is 3. The lowest BCUT2D eigenvalue weighted by Gasteiger charge is -2.35.